The van der Waals surface area contributed by atoms with Crippen LogP contribution >= 0.6 is 0 Å². The highest BCUT2D eigenvalue weighted by atomic mass is 16.5. The average Bonchev–Trinajstić information content (AvgIpc) is 2.78. The number of nitrogens with one attached hydrogen (secondary N) is 1. The minimum atomic E-state index is 0.255. The number of carbonyl (C=O) groups excluding carboxylic acids is 1. The van der Waals surface area contributed by atoms with Gasteiger partial charge in [0.1, 0.15) is 0 Å². The van der Waals surface area contributed by atoms with Crippen LogP contribution in [0.3, 0.4) is 0 Å². The maximum atomic E-state index is 12.1. The van der Waals surface area contributed by atoms with Crippen molar-refractivity contribution in [3.8, 4) is 0 Å². The molecule has 17 heavy (non-hydrogen) atoms. The van der Waals surface area contributed by atoms with Gasteiger partial charge in [0.05, 0.1) is 0 Å². The minimum Gasteiger partial charge on any atom is -0.385 e. The van der Waals surface area contributed by atoms with Gasteiger partial charge in [-0.3, -0.25) is 4.79 Å². The Balaban J connectivity index is 2.37. The van der Waals surface area contributed by atoms with E-state index in [9.17, 15) is 4.79 Å². The molecule has 1 rings (SSSR count). The van der Waals surface area contributed by atoms with Gasteiger partial charge in [-0.2, -0.15) is 0 Å². The lowest BCUT2D eigenvalue weighted by molar-refractivity contribution is -0.133. The molecule has 4 heteroatoms. The summed E-state index contributed by atoms with van der Waals surface area (Å²) < 4.78 is 4.98. The van der Waals surface area contributed by atoms with Gasteiger partial charge in [-0.1, -0.05) is 0 Å². The van der Waals surface area contributed by atoms with E-state index in [1.165, 1.54) is 12.8 Å². The van der Waals surface area contributed by atoms with Crippen molar-refractivity contribution in [3.63, 3.8) is 0 Å². The van der Waals surface area contributed by atoms with Crippen molar-refractivity contribution < 1.29 is 9.53 Å². The van der Waals surface area contributed by atoms with Gasteiger partial charge in [0.2, 0.25) is 5.91 Å². The molecule has 1 heterocycles. The van der Waals surface area contributed by atoms with Gasteiger partial charge in [0, 0.05) is 38.8 Å². The topological polar surface area (TPSA) is 41.6 Å². The van der Waals surface area contributed by atoms with Crippen LogP contribution in [0.1, 0.15) is 39.5 Å². The van der Waals surface area contributed by atoms with Crippen molar-refractivity contribution in [1.29, 1.82) is 0 Å². The smallest absolute Gasteiger partial charge is 0.222 e. The van der Waals surface area contributed by atoms with E-state index in [2.05, 4.69) is 19.2 Å². The molecule has 0 bridgehead atoms. The maximum Gasteiger partial charge on any atom is 0.222 e. The Morgan fingerprint density at radius 3 is 2.82 bits per heavy atom. The zero-order valence-corrected chi connectivity index (χ0v) is 11.4. The third kappa shape index (κ3) is 5.04. The summed E-state index contributed by atoms with van der Waals surface area (Å²) in [6.07, 6.45) is 3.83. The lowest BCUT2D eigenvalue weighted by atomic mass is 10.1. The second-order valence-corrected chi connectivity index (χ2v) is 5.03. The van der Waals surface area contributed by atoms with Crippen molar-refractivity contribution in [1.82, 2.24) is 10.2 Å². The number of hydrogen-bond acceptors (Lipinski definition) is 3. The molecule has 0 spiro atoms. The van der Waals surface area contributed by atoms with Crippen LogP contribution in [0.2, 0.25) is 0 Å². The first-order chi connectivity index (χ1) is 8.15. The monoisotopic (exact) mass is 242 g/mol. The highest BCUT2D eigenvalue weighted by molar-refractivity contribution is 5.76. The normalized spacial score (nSPS) is 19.9. The van der Waals surface area contributed by atoms with Crippen LogP contribution in [0.25, 0.3) is 0 Å². The largest absolute Gasteiger partial charge is 0.385 e. The number of nitrogens with zero attached hydrogens (tertiary/aromatic N) is 1. The first-order valence-corrected chi connectivity index (χ1v) is 6.67. The molecule has 100 valence electrons. The second-order valence-electron chi connectivity index (χ2n) is 5.03. The lowest BCUT2D eigenvalue weighted by Crippen LogP contribution is -2.44. The summed E-state index contributed by atoms with van der Waals surface area (Å²) in [5.74, 6) is 0.255. The van der Waals surface area contributed by atoms with Crippen molar-refractivity contribution in [3.05, 3.63) is 0 Å². The van der Waals surface area contributed by atoms with Crippen LogP contribution in [0.4, 0.5) is 0 Å². The van der Waals surface area contributed by atoms with E-state index in [1.54, 1.807) is 7.11 Å². The van der Waals surface area contributed by atoms with E-state index in [0.29, 0.717) is 19.1 Å². The Kier molecular flexibility index (Phi) is 6.52. The lowest BCUT2D eigenvalue weighted by Gasteiger charge is -2.29. The third-order valence-electron chi connectivity index (χ3n) is 3.26. The zero-order valence-electron chi connectivity index (χ0n) is 11.4. The predicted molar refractivity (Wildman–Crippen MR) is 69.0 cm³/mol. The standard InChI is InChI=1S/C13H26N2O2/c1-11(2)15(10-12-6-4-8-14-12)13(16)7-5-9-17-3/h11-12,14H,4-10H2,1-3H3. The van der Waals surface area contributed by atoms with Crippen LogP contribution in [-0.2, 0) is 9.53 Å². The van der Waals surface area contributed by atoms with Gasteiger partial charge in [-0.15, -0.1) is 0 Å². The fourth-order valence-corrected chi connectivity index (χ4v) is 2.26. The highest BCUT2D eigenvalue weighted by Gasteiger charge is 2.22. The van der Waals surface area contributed by atoms with Crippen LogP contribution in [0.15, 0.2) is 0 Å². The van der Waals surface area contributed by atoms with Crippen LogP contribution in [-0.4, -0.2) is 49.7 Å². The molecule has 0 saturated carbocycles. The molecule has 1 aliphatic rings. The van der Waals surface area contributed by atoms with E-state index < -0.39 is 0 Å². The molecule has 0 radical (unpaired) electrons. The number of methoxy groups -OCH3 is 1. The Morgan fingerprint density at radius 2 is 2.29 bits per heavy atom. The van der Waals surface area contributed by atoms with Gasteiger partial charge in [-0.25, -0.2) is 0 Å². The molecule has 1 unspecified atom stereocenters. The van der Waals surface area contributed by atoms with Gasteiger partial charge in [0.25, 0.3) is 0 Å². The molecule has 1 fully saturated rings. The molecular weight excluding hydrogens is 216 g/mol. The van der Waals surface area contributed by atoms with Crippen LogP contribution in [0.5, 0.6) is 0 Å². The molecule has 0 aliphatic carbocycles. The maximum absolute atomic E-state index is 12.1. The molecule has 0 aromatic rings. The number of rotatable bonds is 7. The van der Waals surface area contributed by atoms with Crippen LogP contribution < -0.4 is 5.32 Å². The number of carbonyl (C=O) groups is 1. The SMILES string of the molecule is COCCCC(=O)N(CC1CCCN1)C(C)C. The predicted octanol–water partition coefficient (Wildman–Crippen LogP) is 1.40. The summed E-state index contributed by atoms with van der Waals surface area (Å²) in [6, 6.07) is 0.774. The summed E-state index contributed by atoms with van der Waals surface area (Å²) in [6.45, 7) is 6.78. The fourth-order valence-electron chi connectivity index (χ4n) is 2.26. The summed E-state index contributed by atoms with van der Waals surface area (Å²) in [7, 11) is 1.67. The van der Waals surface area contributed by atoms with E-state index in [-0.39, 0.29) is 11.9 Å². The average molecular weight is 242 g/mol. The van der Waals surface area contributed by atoms with Crippen LogP contribution in [0, 0.1) is 0 Å². The van der Waals surface area contributed by atoms with E-state index in [0.717, 1.165) is 19.5 Å². The molecule has 0 aromatic carbocycles. The van der Waals surface area contributed by atoms with Gasteiger partial charge in [-0.05, 0) is 39.7 Å². The Morgan fingerprint density at radius 1 is 1.53 bits per heavy atom. The Bertz CT molecular complexity index is 225. The zero-order chi connectivity index (χ0) is 12.7. The quantitative estimate of drug-likeness (QED) is 0.686. The summed E-state index contributed by atoms with van der Waals surface area (Å²) in [4.78, 5) is 14.1. The van der Waals surface area contributed by atoms with Gasteiger partial charge in [0.15, 0.2) is 0 Å². The molecule has 1 N–H and O–H groups in total. The van der Waals surface area contributed by atoms with E-state index in [1.807, 2.05) is 4.90 Å². The molecule has 1 aliphatic heterocycles. The summed E-state index contributed by atoms with van der Waals surface area (Å²) in [5, 5.41) is 3.45. The molecule has 4 nitrogen and oxygen atoms in total. The first kappa shape index (κ1) is 14.5. The third-order valence-corrected chi connectivity index (χ3v) is 3.26. The van der Waals surface area contributed by atoms with Crippen molar-refractivity contribution in [2.45, 2.75) is 51.6 Å². The van der Waals surface area contributed by atoms with E-state index >= 15 is 0 Å². The Hall–Kier alpha value is -0.610. The number of ether oxygens (including phenoxy) is 1. The Labute approximate surface area is 105 Å². The summed E-state index contributed by atoms with van der Waals surface area (Å²) in [5.41, 5.74) is 0. The van der Waals surface area contributed by atoms with Crippen molar-refractivity contribution in [2.24, 2.45) is 0 Å². The van der Waals surface area contributed by atoms with Gasteiger partial charge < -0.3 is 15.0 Å². The van der Waals surface area contributed by atoms with Gasteiger partial charge >= 0.3 is 0 Å². The number of amides is 1. The van der Waals surface area contributed by atoms with Crippen molar-refractivity contribution in [2.75, 3.05) is 26.8 Å². The first-order valence-electron chi connectivity index (χ1n) is 6.67. The second kappa shape index (κ2) is 7.67. The molecule has 1 saturated heterocycles. The fraction of sp³-hybridized carbons (Fsp3) is 0.923. The van der Waals surface area contributed by atoms with E-state index in [4.69, 9.17) is 4.74 Å². The molecular formula is C13H26N2O2. The van der Waals surface area contributed by atoms with Crippen molar-refractivity contribution >= 4 is 5.91 Å². The number of hydrogen-bond donors (Lipinski definition) is 1. The molecule has 1 atom stereocenters. The summed E-state index contributed by atoms with van der Waals surface area (Å²) >= 11 is 0. The highest BCUT2D eigenvalue weighted by Crippen LogP contribution is 2.11. The molecule has 0 aromatic heterocycles. The minimum absolute atomic E-state index is 0.255. The molecule has 1 amide bonds.